The number of hydrogen-bond donors (Lipinski definition) is 3. The molecule has 0 radical (unpaired) electrons. The second-order valence-electron chi connectivity index (χ2n) is 7.10. The van der Waals surface area contributed by atoms with Gasteiger partial charge in [-0.2, -0.15) is 0 Å². The zero-order valence-corrected chi connectivity index (χ0v) is 16.5. The number of carbonyl (C=O) groups excluding carboxylic acids is 4. The maximum atomic E-state index is 12.3. The highest BCUT2D eigenvalue weighted by molar-refractivity contribution is 7.99. The Bertz CT molecular complexity index is 773. The van der Waals surface area contributed by atoms with Gasteiger partial charge in [-0.05, 0) is 45.9 Å². The topological polar surface area (TPSA) is 114 Å². The van der Waals surface area contributed by atoms with Gasteiger partial charge in [0.05, 0.1) is 11.3 Å². The molecule has 2 rings (SSSR count). The second kappa shape index (κ2) is 8.43. The number of rotatable bonds is 3. The average Bonchev–Trinajstić information content (AvgIpc) is 2.72. The summed E-state index contributed by atoms with van der Waals surface area (Å²) in [5.41, 5.74) is 0.239. The van der Waals surface area contributed by atoms with E-state index in [4.69, 9.17) is 4.74 Å². The molecule has 0 saturated carbocycles. The van der Waals surface area contributed by atoms with Crippen molar-refractivity contribution in [3.63, 3.8) is 0 Å². The number of thioether (sulfide) groups is 1. The zero-order valence-electron chi connectivity index (χ0n) is 15.7. The molecule has 1 atom stereocenters. The Morgan fingerprint density at radius 2 is 1.96 bits per heavy atom. The van der Waals surface area contributed by atoms with Gasteiger partial charge in [0.2, 0.25) is 5.91 Å². The Morgan fingerprint density at radius 3 is 2.63 bits per heavy atom. The lowest BCUT2D eigenvalue weighted by Crippen LogP contribution is -2.50. The molecule has 1 aromatic carbocycles. The highest BCUT2D eigenvalue weighted by Crippen LogP contribution is 2.31. The largest absolute Gasteiger partial charge is 0.449 e. The van der Waals surface area contributed by atoms with Crippen LogP contribution in [-0.4, -0.2) is 41.2 Å². The number of nitrogens with one attached hydrogen (secondary N) is 3. The molecule has 0 fully saturated rings. The third kappa shape index (κ3) is 6.28. The summed E-state index contributed by atoms with van der Waals surface area (Å²) < 4.78 is 5.13. The molecular formula is C18H23N3O5S. The monoisotopic (exact) mass is 393 g/mol. The molecule has 4 amide bonds. The second-order valence-corrected chi connectivity index (χ2v) is 8.24. The normalized spacial score (nSPS) is 14.9. The SMILES string of the molecule is C[C@@H](OC(=O)c1ccc2c(c1)NC(=O)CCS2)C(=O)NC(=O)NC(C)(C)C. The van der Waals surface area contributed by atoms with Gasteiger partial charge in [-0.25, -0.2) is 9.59 Å². The molecule has 0 aromatic heterocycles. The number of carbonyl (C=O) groups is 4. The van der Waals surface area contributed by atoms with Crippen molar-refractivity contribution in [1.29, 1.82) is 0 Å². The van der Waals surface area contributed by atoms with Crippen molar-refractivity contribution in [1.82, 2.24) is 10.6 Å². The van der Waals surface area contributed by atoms with Gasteiger partial charge in [-0.3, -0.25) is 14.9 Å². The number of amides is 4. The Hall–Kier alpha value is -2.55. The molecule has 0 unspecified atom stereocenters. The predicted octanol–water partition coefficient (Wildman–Crippen LogP) is 2.29. The smallest absolute Gasteiger partial charge is 0.338 e. The van der Waals surface area contributed by atoms with Crippen LogP contribution in [0.1, 0.15) is 44.5 Å². The van der Waals surface area contributed by atoms with Crippen LogP contribution in [-0.2, 0) is 14.3 Å². The Kier molecular flexibility index (Phi) is 6.48. The van der Waals surface area contributed by atoms with Crippen molar-refractivity contribution in [3.05, 3.63) is 23.8 Å². The van der Waals surface area contributed by atoms with Crippen molar-refractivity contribution in [2.75, 3.05) is 11.1 Å². The number of urea groups is 1. The third-order valence-electron chi connectivity index (χ3n) is 3.45. The molecule has 9 heteroatoms. The van der Waals surface area contributed by atoms with Crippen LogP contribution in [0.2, 0.25) is 0 Å². The lowest BCUT2D eigenvalue weighted by atomic mass is 10.1. The number of esters is 1. The van der Waals surface area contributed by atoms with Crippen LogP contribution in [0.3, 0.4) is 0 Å². The summed E-state index contributed by atoms with van der Waals surface area (Å²) >= 11 is 1.52. The van der Waals surface area contributed by atoms with Gasteiger partial charge < -0.3 is 15.4 Å². The Balaban J connectivity index is 1.99. The molecule has 8 nitrogen and oxygen atoms in total. The van der Waals surface area contributed by atoms with Crippen LogP contribution < -0.4 is 16.0 Å². The summed E-state index contributed by atoms with van der Waals surface area (Å²) in [7, 11) is 0. The van der Waals surface area contributed by atoms with E-state index < -0.39 is 29.6 Å². The molecule has 3 N–H and O–H groups in total. The van der Waals surface area contributed by atoms with Crippen molar-refractivity contribution in [2.45, 2.75) is 50.7 Å². The van der Waals surface area contributed by atoms with E-state index in [0.29, 0.717) is 17.9 Å². The summed E-state index contributed by atoms with van der Waals surface area (Å²) in [6, 6.07) is 4.15. The summed E-state index contributed by atoms with van der Waals surface area (Å²) in [6.45, 7) is 6.69. The van der Waals surface area contributed by atoms with Gasteiger partial charge in [-0.15, -0.1) is 11.8 Å². The maximum Gasteiger partial charge on any atom is 0.338 e. The highest BCUT2D eigenvalue weighted by atomic mass is 32.2. The van der Waals surface area contributed by atoms with Crippen LogP contribution in [0.25, 0.3) is 0 Å². The molecule has 146 valence electrons. The van der Waals surface area contributed by atoms with Crippen LogP contribution in [0, 0.1) is 0 Å². The standard InChI is InChI=1S/C18H23N3O5S/c1-10(15(23)20-17(25)21-18(2,3)4)26-16(24)11-5-6-13-12(9-11)19-14(22)7-8-27-13/h5-6,9-10H,7-8H2,1-4H3,(H,19,22)(H2,20,21,23,25)/t10-/m1/s1. The maximum absolute atomic E-state index is 12.3. The van der Waals surface area contributed by atoms with E-state index in [1.807, 2.05) is 0 Å². The summed E-state index contributed by atoms with van der Waals surface area (Å²) in [5, 5.41) is 7.45. The van der Waals surface area contributed by atoms with E-state index in [1.165, 1.54) is 24.8 Å². The van der Waals surface area contributed by atoms with Gasteiger partial charge in [0.15, 0.2) is 6.10 Å². The average molecular weight is 393 g/mol. The zero-order chi connectivity index (χ0) is 20.2. The van der Waals surface area contributed by atoms with E-state index in [1.54, 1.807) is 32.9 Å². The van der Waals surface area contributed by atoms with Gasteiger partial charge in [0.25, 0.3) is 5.91 Å². The van der Waals surface area contributed by atoms with Gasteiger partial charge >= 0.3 is 12.0 Å². The number of fused-ring (bicyclic) bond motifs is 1. The Morgan fingerprint density at radius 1 is 1.26 bits per heavy atom. The molecule has 1 aliphatic heterocycles. The highest BCUT2D eigenvalue weighted by Gasteiger charge is 2.23. The molecule has 27 heavy (non-hydrogen) atoms. The summed E-state index contributed by atoms with van der Waals surface area (Å²) in [6.07, 6.45) is -0.765. The van der Waals surface area contributed by atoms with E-state index in [2.05, 4.69) is 16.0 Å². The van der Waals surface area contributed by atoms with Crippen LogP contribution in [0.15, 0.2) is 23.1 Å². The lowest BCUT2D eigenvalue weighted by Gasteiger charge is -2.21. The summed E-state index contributed by atoms with van der Waals surface area (Å²) in [4.78, 5) is 48.6. The van der Waals surface area contributed by atoms with Gasteiger partial charge in [0, 0.05) is 22.6 Å². The van der Waals surface area contributed by atoms with Gasteiger partial charge in [-0.1, -0.05) is 0 Å². The molecule has 0 saturated heterocycles. The first-order chi connectivity index (χ1) is 12.5. The minimum atomic E-state index is -1.16. The molecule has 0 bridgehead atoms. The van der Waals surface area contributed by atoms with Crippen molar-refractivity contribution < 1.29 is 23.9 Å². The molecular weight excluding hydrogens is 370 g/mol. The first-order valence-corrected chi connectivity index (χ1v) is 9.44. The Labute approximate surface area is 161 Å². The van der Waals surface area contributed by atoms with Crippen LogP contribution >= 0.6 is 11.8 Å². The number of hydrogen-bond acceptors (Lipinski definition) is 6. The fourth-order valence-corrected chi connectivity index (χ4v) is 3.15. The molecule has 0 aliphatic carbocycles. The van der Waals surface area contributed by atoms with Crippen molar-refractivity contribution in [3.8, 4) is 0 Å². The van der Waals surface area contributed by atoms with Crippen molar-refractivity contribution in [2.24, 2.45) is 0 Å². The molecule has 1 aliphatic rings. The third-order valence-corrected chi connectivity index (χ3v) is 4.53. The first kappa shape index (κ1) is 20.8. The number of anilines is 1. The fourth-order valence-electron chi connectivity index (χ4n) is 2.21. The number of ether oxygens (including phenoxy) is 1. The number of benzene rings is 1. The minimum Gasteiger partial charge on any atom is -0.449 e. The molecule has 0 spiro atoms. The van der Waals surface area contributed by atoms with E-state index in [0.717, 1.165) is 4.90 Å². The van der Waals surface area contributed by atoms with E-state index in [9.17, 15) is 19.2 Å². The predicted molar refractivity (Wildman–Crippen MR) is 102 cm³/mol. The van der Waals surface area contributed by atoms with Crippen molar-refractivity contribution >= 4 is 41.3 Å². The van der Waals surface area contributed by atoms with E-state index in [-0.39, 0.29) is 11.5 Å². The molecule has 1 heterocycles. The lowest BCUT2D eigenvalue weighted by molar-refractivity contribution is -0.128. The number of imide groups is 1. The molecule has 1 aromatic rings. The van der Waals surface area contributed by atoms with Gasteiger partial charge in [0.1, 0.15) is 0 Å². The summed E-state index contributed by atoms with van der Waals surface area (Å²) in [5.74, 6) is -0.913. The van der Waals surface area contributed by atoms with E-state index >= 15 is 0 Å². The first-order valence-electron chi connectivity index (χ1n) is 8.46. The van der Waals surface area contributed by atoms with Crippen LogP contribution in [0.5, 0.6) is 0 Å². The van der Waals surface area contributed by atoms with Crippen LogP contribution in [0.4, 0.5) is 10.5 Å². The quantitative estimate of drug-likeness (QED) is 0.679. The minimum absolute atomic E-state index is 0.121. The fraction of sp³-hybridized carbons (Fsp3) is 0.444.